The van der Waals surface area contributed by atoms with Crippen molar-refractivity contribution < 1.29 is 14.3 Å². The van der Waals surface area contributed by atoms with Gasteiger partial charge in [-0.3, -0.25) is 0 Å². The zero-order valence-electron chi connectivity index (χ0n) is 9.09. The molecule has 4 nitrogen and oxygen atoms in total. The van der Waals surface area contributed by atoms with Crippen molar-refractivity contribution >= 4 is 28.0 Å². The summed E-state index contributed by atoms with van der Waals surface area (Å²) < 4.78 is 13.6. The van der Waals surface area contributed by atoms with Crippen LogP contribution in [0.3, 0.4) is 0 Å². The first-order chi connectivity index (χ1) is 8.66. The average molecular weight is 242 g/mol. The predicted octanol–water partition coefficient (Wildman–Crippen LogP) is 2.62. The molecule has 0 aliphatic heterocycles. The van der Waals surface area contributed by atoms with E-state index in [1.807, 2.05) is 0 Å². The van der Waals surface area contributed by atoms with Crippen LogP contribution in [0.15, 0.2) is 36.4 Å². The number of rotatable bonds is 1. The standard InChI is InChI=1S/C13H7FN2O2/c14-8-4-2-6-10-12(8)16-11-7(13(17)18)3-1-5-9(11)15-10/h1-6H,(H,17,18). The Morgan fingerprint density at radius 2 is 1.67 bits per heavy atom. The Morgan fingerprint density at radius 1 is 1.00 bits per heavy atom. The molecular formula is C13H7FN2O2. The number of benzene rings is 2. The number of nitrogens with zero attached hydrogens (tertiary/aromatic N) is 2. The number of hydrogen-bond donors (Lipinski definition) is 1. The molecule has 2 aromatic carbocycles. The number of aromatic carboxylic acids is 1. The van der Waals surface area contributed by atoms with Crippen molar-refractivity contribution in [2.24, 2.45) is 0 Å². The molecule has 0 aliphatic rings. The van der Waals surface area contributed by atoms with E-state index in [1.54, 1.807) is 24.3 Å². The quantitative estimate of drug-likeness (QED) is 0.666. The summed E-state index contributed by atoms with van der Waals surface area (Å²) in [4.78, 5) is 19.4. The molecule has 0 atom stereocenters. The van der Waals surface area contributed by atoms with Crippen LogP contribution in [-0.2, 0) is 0 Å². The van der Waals surface area contributed by atoms with Crippen LogP contribution in [0.2, 0.25) is 0 Å². The first kappa shape index (κ1) is 10.6. The van der Waals surface area contributed by atoms with E-state index in [4.69, 9.17) is 5.11 Å². The molecule has 18 heavy (non-hydrogen) atoms. The van der Waals surface area contributed by atoms with E-state index in [2.05, 4.69) is 9.97 Å². The van der Waals surface area contributed by atoms with Crippen molar-refractivity contribution in [3.63, 3.8) is 0 Å². The summed E-state index contributed by atoms with van der Waals surface area (Å²) in [6.07, 6.45) is 0. The van der Waals surface area contributed by atoms with Gasteiger partial charge in [0.25, 0.3) is 0 Å². The van der Waals surface area contributed by atoms with Gasteiger partial charge in [-0.05, 0) is 24.3 Å². The molecule has 0 saturated heterocycles. The van der Waals surface area contributed by atoms with Gasteiger partial charge in [-0.2, -0.15) is 0 Å². The minimum atomic E-state index is -1.11. The number of hydrogen-bond acceptors (Lipinski definition) is 3. The SMILES string of the molecule is O=C(O)c1cccc2nc3cccc(F)c3nc12. The van der Waals surface area contributed by atoms with E-state index in [0.29, 0.717) is 11.0 Å². The van der Waals surface area contributed by atoms with E-state index >= 15 is 0 Å². The highest BCUT2D eigenvalue weighted by molar-refractivity contribution is 6.02. The molecule has 0 fully saturated rings. The Hall–Kier alpha value is -2.56. The fourth-order valence-electron chi connectivity index (χ4n) is 1.86. The van der Waals surface area contributed by atoms with Gasteiger partial charge < -0.3 is 5.11 Å². The molecule has 0 saturated carbocycles. The number of carboxylic acid groups (broad SMARTS) is 1. The average Bonchev–Trinajstić information content (AvgIpc) is 2.36. The van der Waals surface area contributed by atoms with Crippen molar-refractivity contribution in [1.82, 2.24) is 9.97 Å². The maximum absolute atomic E-state index is 13.6. The van der Waals surface area contributed by atoms with Gasteiger partial charge in [-0.25, -0.2) is 19.2 Å². The Labute approximate surface area is 101 Å². The first-order valence-electron chi connectivity index (χ1n) is 5.25. The molecule has 0 spiro atoms. The third-order valence-electron chi connectivity index (χ3n) is 2.68. The van der Waals surface area contributed by atoms with Gasteiger partial charge in [0.2, 0.25) is 0 Å². The lowest BCUT2D eigenvalue weighted by Crippen LogP contribution is -2.00. The van der Waals surface area contributed by atoms with Crippen LogP contribution in [0.25, 0.3) is 22.1 Å². The van der Waals surface area contributed by atoms with Gasteiger partial charge in [0, 0.05) is 0 Å². The zero-order chi connectivity index (χ0) is 12.7. The summed E-state index contributed by atoms with van der Waals surface area (Å²) in [5.74, 6) is -1.62. The molecule has 3 aromatic rings. The molecular weight excluding hydrogens is 235 g/mol. The van der Waals surface area contributed by atoms with E-state index in [0.717, 1.165) is 0 Å². The largest absolute Gasteiger partial charge is 0.478 e. The third kappa shape index (κ3) is 1.48. The fourth-order valence-corrected chi connectivity index (χ4v) is 1.86. The van der Waals surface area contributed by atoms with Crippen molar-refractivity contribution in [2.75, 3.05) is 0 Å². The second-order valence-corrected chi connectivity index (χ2v) is 3.81. The molecule has 1 N–H and O–H groups in total. The number of carbonyl (C=O) groups is 1. The molecule has 0 amide bonds. The van der Waals surface area contributed by atoms with Gasteiger partial charge in [0.1, 0.15) is 11.0 Å². The highest BCUT2D eigenvalue weighted by atomic mass is 19.1. The van der Waals surface area contributed by atoms with Crippen molar-refractivity contribution in [2.45, 2.75) is 0 Å². The minimum absolute atomic E-state index is 0.0187. The Morgan fingerprint density at radius 3 is 2.39 bits per heavy atom. The van der Waals surface area contributed by atoms with Gasteiger partial charge in [-0.1, -0.05) is 12.1 Å². The van der Waals surface area contributed by atoms with Crippen molar-refractivity contribution in [3.8, 4) is 0 Å². The molecule has 0 radical (unpaired) electrons. The highest BCUT2D eigenvalue weighted by Gasteiger charge is 2.12. The van der Waals surface area contributed by atoms with Crippen LogP contribution < -0.4 is 0 Å². The number of para-hydroxylation sites is 2. The molecule has 0 bridgehead atoms. The lowest BCUT2D eigenvalue weighted by atomic mass is 10.1. The van der Waals surface area contributed by atoms with Gasteiger partial charge >= 0.3 is 5.97 Å². The monoisotopic (exact) mass is 242 g/mol. The van der Waals surface area contributed by atoms with Crippen LogP contribution in [-0.4, -0.2) is 21.0 Å². The van der Waals surface area contributed by atoms with Gasteiger partial charge in [0.05, 0.1) is 16.6 Å². The molecule has 5 heteroatoms. The second-order valence-electron chi connectivity index (χ2n) is 3.81. The van der Waals surface area contributed by atoms with E-state index in [-0.39, 0.29) is 16.6 Å². The Balaban J connectivity index is 2.50. The van der Waals surface area contributed by atoms with Crippen LogP contribution in [0.1, 0.15) is 10.4 Å². The summed E-state index contributed by atoms with van der Waals surface area (Å²) in [7, 11) is 0. The Kier molecular flexibility index (Phi) is 2.19. The molecule has 0 unspecified atom stereocenters. The lowest BCUT2D eigenvalue weighted by Gasteiger charge is -2.04. The summed E-state index contributed by atoms with van der Waals surface area (Å²) in [5, 5.41) is 9.06. The number of halogens is 1. The normalized spacial score (nSPS) is 10.9. The van der Waals surface area contributed by atoms with Gasteiger partial charge in [-0.15, -0.1) is 0 Å². The third-order valence-corrected chi connectivity index (χ3v) is 2.68. The lowest BCUT2D eigenvalue weighted by molar-refractivity contribution is 0.0699. The van der Waals surface area contributed by atoms with E-state index in [9.17, 15) is 9.18 Å². The summed E-state index contributed by atoms with van der Waals surface area (Å²) in [6.45, 7) is 0. The van der Waals surface area contributed by atoms with Crippen LogP contribution in [0.4, 0.5) is 4.39 Å². The fraction of sp³-hybridized carbons (Fsp3) is 0. The number of fused-ring (bicyclic) bond motifs is 2. The van der Waals surface area contributed by atoms with Crippen LogP contribution >= 0.6 is 0 Å². The highest BCUT2D eigenvalue weighted by Crippen LogP contribution is 2.21. The van der Waals surface area contributed by atoms with Crippen LogP contribution in [0, 0.1) is 5.82 Å². The minimum Gasteiger partial charge on any atom is -0.478 e. The summed E-state index contributed by atoms with van der Waals surface area (Å²) >= 11 is 0. The van der Waals surface area contributed by atoms with Crippen molar-refractivity contribution in [3.05, 3.63) is 47.8 Å². The maximum Gasteiger partial charge on any atom is 0.337 e. The molecule has 3 rings (SSSR count). The summed E-state index contributed by atoms with van der Waals surface area (Å²) in [6, 6.07) is 9.11. The first-order valence-corrected chi connectivity index (χ1v) is 5.25. The molecule has 88 valence electrons. The van der Waals surface area contributed by atoms with E-state index < -0.39 is 11.8 Å². The smallest absolute Gasteiger partial charge is 0.337 e. The maximum atomic E-state index is 13.6. The topological polar surface area (TPSA) is 63.1 Å². The second kappa shape index (κ2) is 3.73. The van der Waals surface area contributed by atoms with E-state index in [1.165, 1.54) is 12.1 Å². The predicted molar refractivity (Wildman–Crippen MR) is 64.0 cm³/mol. The van der Waals surface area contributed by atoms with Gasteiger partial charge in [0.15, 0.2) is 5.82 Å². The van der Waals surface area contributed by atoms with Crippen molar-refractivity contribution in [1.29, 1.82) is 0 Å². The molecule has 0 aliphatic carbocycles. The number of aromatic nitrogens is 2. The summed E-state index contributed by atoms with van der Waals surface area (Å²) in [5.41, 5.74) is 1.14. The molecule has 1 heterocycles. The zero-order valence-corrected chi connectivity index (χ0v) is 9.09. The number of carboxylic acids is 1. The van der Waals surface area contributed by atoms with Crippen LogP contribution in [0.5, 0.6) is 0 Å². The Bertz CT molecular complexity index is 786. The molecule has 1 aromatic heterocycles.